The van der Waals surface area contributed by atoms with E-state index in [1.807, 2.05) is 24.0 Å². The molecule has 4 aliphatic carbocycles. The van der Waals surface area contributed by atoms with Crippen molar-refractivity contribution in [1.82, 2.24) is 9.78 Å². The van der Waals surface area contributed by atoms with Crippen LogP contribution >= 0.6 is 0 Å². The Labute approximate surface area is 177 Å². The monoisotopic (exact) mass is 396 g/mol. The molecule has 9 unspecified atom stereocenters. The standard InChI is InChI=1S/C26H40N2O/c1-16-5-7-20-19(11-16)6-8-22-21(20)9-10-26(4)23(12-18(3)25(22)26)24(29)15-28-14-17(2)13-27-28/h13-14,16,18-23,25H,5-12,15H2,1-4H3. The van der Waals surface area contributed by atoms with Crippen molar-refractivity contribution >= 4 is 5.78 Å². The van der Waals surface area contributed by atoms with E-state index in [1.54, 1.807) is 0 Å². The van der Waals surface area contributed by atoms with E-state index in [4.69, 9.17) is 0 Å². The van der Waals surface area contributed by atoms with Crippen LogP contribution in [0.5, 0.6) is 0 Å². The molecule has 0 N–H and O–H groups in total. The highest BCUT2D eigenvalue weighted by atomic mass is 16.1. The Bertz CT molecular complexity index is 769. The van der Waals surface area contributed by atoms with Gasteiger partial charge in [0.05, 0.1) is 12.7 Å². The SMILES string of the molecule is Cc1cnn(CC(=O)C2CC(C)C3C4CCC5CC(C)CCC5C4CCC23C)c1. The van der Waals surface area contributed by atoms with Gasteiger partial charge in [0.1, 0.15) is 0 Å². The smallest absolute Gasteiger partial charge is 0.157 e. The van der Waals surface area contributed by atoms with E-state index >= 15 is 0 Å². The third kappa shape index (κ3) is 3.22. The second-order valence-electron chi connectivity index (χ2n) is 11.8. The van der Waals surface area contributed by atoms with Crippen molar-refractivity contribution in [2.75, 3.05) is 0 Å². The number of fused-ring (bicyclic) bond motifs is 5. The molecule has 5 rings (SSSR count). The second kappa shape index (κ2) is 7.24. The van der Waals surface area contributed by atoms with E-state index in [9.17, 15) is 4.79 Å². The number of carbonyl (C=O) groups is 1. The third-order valence-electron chi connectivity index (χ3n) is 10.00. The Morgan fingerprint density at radius 3 is 2.66 bits per heavy atom. The predicted molar refractivity (Wildman–Crippen MR) is 116 cm³/mol. The minimum Gasteiger partial charge on any atom is -0.297 e. The van der Waals surface area contributed by atoms with Crippen LogP contribution in [-0.2, 0) is 11.3 Å². The van der Waals surface area contributed by atoms with Crippen molar-refractivity contribution in [3.8, 4) is 0 Å². The Balaban J connectivity index is 1.36. The summed E-state index contributed by atoms with van der Waals surface area (Å²) in [4.78, 5) is 13.4. The molecule has 0 aliphatic heterocycles. The number of aryl methyl sites for hydroxylation is 1. The molecule has 0 spiro atoms. The highest BCUT2D eigenvalue weighted by Gasteiger charge is 2.60. The van der Waals surface area contributed by atoms with E-state index < -0.39 is 0 Å². The zero-order valence-electron chi connectivity index (χ0n) is 18.9. The lowest BCUT2D eigenvalue weighted by atomic mass is 9.48. The first-order valence-corrected chi connectivity index (χ1v) is 12.4. The number of hydrogen-bond donors (Lipinski definition) is 0. The molecule has 4 aliphatic rings. The summed E-state index contributed by atoms with van der Waals surface area (Å²) in [5.41, 5.74) is 1.36. The molecule has 29 heavy (non-hydrogen) atoms. The molecule has 1 aromatic rings. The normalized spacial score (nSPS) is 46.6. The fourth-order valence-corrected chi connectivity index (χ4v) is 8.95. The van der Waals surface area contributed by atoms with Gasteiger partial charge in [0.2, 0.25) is 0 Å². The summed E-state index contributed by atoms with van der Waals surface area (Å²) in [7, 11) is 0. The lowest BCUT2D eigenvalue weighted by Gasteiger charge is -2.56. The van der Waals surface area contributed by atoms with Crippen molar-refractivity contribution < 1.29 is 4.79 Å². The summed E-state index contributed by atoms with van der Waals surface area (Å²) in [6.45, 7) is 9.93. The molecule has 4 saturated carbocycles. The molecule has 3 heteroatoms. The summed E-state index contributed by atoms with van der Waals surface area (Å²) < 4.78 is 1.86. The van der Waals surface area contributed by atoms with Gasteiger partial charge in [0, 0.05) is 12.1 Å². The fourth-order valence-electron chi connectivity index (χ4n) is 8.95. The van der Waals surface area contributed by atoms with Gasteiger partial charge in [-0.1, -0.05) is 27.2 Å². The van der Waals surface area contributed by atoms with Gasteiger partial charge in [-0.05, 0) is 104 Å². The average Bonchev–Trinajstić information content (AvgIpc) is 3.21. The summed E-state index contributed by atoms with van der Waals surface area (Å²) in [6, 6.07) is 0. The van der Waals surface area contributed by atoms with Crippen molar-refractivity contribution in [2.24, 2.45) is 52.8 Å². The van der Waals surface area contributed by atoms with Crippen LogP contribution in [-0.4, -0.2) is 15.6 Å². The average molecular weight is 397 g/mol. The Morgan fingerprint density at radius 2 is 1.90 bits per heavy atom. The van der Waals surface area contributed by atoms with E-state index in [2.05, 4.69) is 25.9 Å². The summed E-state index contributed by atoms with van der Waals surface area (Å²) in [6.07, 6.45) is 14.9. The highest BCUT2D eigenvalue weighted by Crippen LogP contribution is 2.66. The van der Waals surface area contributed by atoms with Gasteiger partial charge in [0.25, 0.3) is 0 Å². The summed E-state index contributed by atoms with van der Waals surface area (Å²) in [5, 5.41) is 4.39. The Kier molecular flexibility index (Phi) is 4.95. The lowest BCUT2D eigenvalue weighted by molar-refractivity contribution is -0.131. The maximum absolute atomic E-state index is 13.4. The van der Waals surface area contributed by atoms with Crippen molar-refractivity contribution in [3.05, 3.63) is 18.0 Å². The number of ketones is 1. The molecule has 3 nitrogen and oxygen atoms in total. The molecule has 0 bridgehead atoms. The van der Waals surface area contributed by atoms with Crippen LogP contribution < -0.4 is 0 Å². The van der Waals surface area contributed by atoms with E-state index in [0.717, 1.165) is 47.5 Å². The second-order valence-corrected chi connectivity index (χ2v) is 11.8. The van der Waals surface area contributed by atoms with Crippen LogP contribution in [0.2, 0.25) is 0 Å². The molecule has 0 aromatic carbocycles. The van der Waals surface area contributed by atoms with Crippen LogP contribution in [0.15, 0.2) is 12.4 Å². The maximum Gasteiger partial charge on any atom is 0.157 e. The van der Waals surface area contributed by atoms with Crippen LogP contribution in [0.3, 0.4) is 0 Å². The Morgan fingerprint density at radius 1 is 1.10 bits per heavy atom. The molecule has 0 radical (unpaired) electrons. The minimum absolute atomic E-state index is 0.217. The summed E-state index contributed by atoms with van der Waals surface area (Å²) >= 11 is 0. The molecule has 1 aromatic heterocycles. The largest absolute Gasteiger partial charge is 0.297 e. The van der Waals surface area contributed by atoms with Gasteiger partial charge in [-0.15, -0.1) is 0 Å². The van der Waals surface area contributed by atoms with E-state index in [1.165, 1.54) is 44.9 Å². The topological polar surface area (TPSA) is 34.9 Å². The Hall–Kier alpha value is -1.12. The fraction of sp³-hybridized carbons (Fsp3) is 0.846. The van der Waals surface area contributed by atoms with Gasteiger partial charge in [-0.3, -0.25) is 9.48 Å². The highest BCUT2D eigenvalue weighted by molar-refractivity contribution is 5.82. The minimum atomic E-state index is 0.217. The molecule has 4 fully saturated rings. The van der Waals surface area contributed by atoms with Crippen molar-refractivity contribution in [2.45, 2.75) is 85.6 Å². The van der Waals surface area contributed by atoms with Crippen LogP contribution in [0, 0.1) is 59.7 Å². The molecule has 1 heterocycles. The van der Waals surface area contributed by atoms with Crippen molar-refractivity contribution in [1.29, 1.82) is 0 Å². The van der Waals surface area contributed by atoms with Gasteiger partial charge in [0.15, 0.2) is 5.78 Å². The molecule has 0 amide bonds. The lowest BCUT2D eigenvalue weighted by Crippen LogP contribution is -2.50. The molecule has 0 saturated heterocycles. The van der Waals surface area contributed by atoms with Gasteiger partial charge in [-0.2, -0.15) is 5.10 Å². The van der Waals surface area contributed by atoms with Crippen molar-refractivity contribution in [3.63, 3.8) is 0 Å². The number of nitrogens with zero attached hydrogens (tertiary/aromatic N) is 2. The first-order chi connectivity index (χ1) is 13.9. The van der Waals surface area contributed by atoms with Gasteiger partial charge >= 0.3 is 0 Å². The number of hydrogen-bond acceptors (Lipinski definition) is 2. The predicted octanol–water partition coefficient (Wildman–Crippen LogP) is 5.91. The van der Waals surface area contributed by atoms with E-state index in [-0.39, 0.29) is 11.3 Å². The molecular formula is C26H40N2O. The van der Waals surface area contributed by atoms with Crippen LogP contribution in [0.25, 0.3) is 0 Å². The zero-order chi connectivity index (χ0) is 20.3. The quantitative estimate of drug-likeness (QED) is 0.636. The van der Waals surface area contributed by atoms with Gasteiger partial charge in [-0.25, -0.2) is 0 Å². The van der Waals surface area contributed by atoms with E-state index in [0.29, 0.717) is 18.2 Å². The zero-order valence-corrected chi connectivity index (χ0v) is 18.9. The van der Waals surface area contributed by atoms with Gasteiger partial charge < -0.3 is 0 Å². The molecular weight excluding hydrogens is 356 g/mol. The number of carbonyl (C=O) groups excluding carboxylic acids is 1. The first-order valence-electron chi connectivity index (χ1n) is 12.4. The molecule has 9 atom stereocenters. The number of Topliss-reactive ketones (excluding diaryl/α,β-unsaturated/α-hetero) is 1. The molecule has 160 valence electrons. The maximum atomic E-state index is 13.4. The number of rotatable bonds is 3. The van der Waals surface area contributed by atoms with Crippen LogP contribution in [0.1, 0.15) is 77.7 Å². The third-order valence-corrected chi connectivity index (χ3v) is 10.00. The first kappa shape index (κ1) is 19.8. The number of aromatic nitrogens is 2. The summed E-state index contributed by atoms with van der Waals surface area (Å²) in [5.74, 6) is 6.88. The van der Waals surface area contributed by atoms with Crippen LogP contribution in [0.4, 0.5) is 0 Å².